The summed E-state index contributed by atoms with van der Waals surface area (Å²) in [7, 11) is 1.84. The van der Waals surface area contributed by atoms with E-state index < -0.39 is 16.8 Å². The third-order valence-electron chi connectivity index (χ3n) is 5.07. The van der Waals surface area contributed by atoms with Gasteiger partial charge in [-0.1, -0.05) is 42.9 Å². The molecule has 4 rings (SSSR count). The summed E-state index contributed by atoms with van der Waals surface area (Å²) in [5.74, 6) is 0.0891. The van der Waals surface area contributed by atoms with Crippen LogP contribution in [0.4, 0.5) is 5.13 Å². The van der Waals surface area contributed by atoms with Crippen molar-refractivity contribution < 1.29 is 14.3 Å². The largest absolute Gasteiger partial charge is 0.622 e. The third kappa shape index (κ3) is 4.17. The van der Waals surface area contributed by atoms with Crippen molar-refractivity contribution in [3.8, 4) is 5.75 Å². The quantitative estimate of drug-likeness (QED) is 0.241. The molecule has 0 bridgehead atoms. The minimum Gasteiger partial charge on any atom is -0.622 e. The van der Waals surface area contributed by atoms with Crippen LogP contribution >= 0.6 is 11.3 Å². The number of esters is 1. The smallest absolute Gasteiger partial charge is 0.342 e. The summed E-state index contributed by atoms with van der Waals surface area (Å²) in [4.78, 5) is 19.2. The van der Waals surface area contributed by atoms with Crippen molar-refractivity contribution in [2.75, 3.05) is 26.9 Å². The first kappa shape index (κ1) is 20.7. The summed E-state index contributed by atoms with van der Waals surface area (Å²) >= 11 is 1.35. The predicted octanol–water partition coefficient (Wildman–Crippen LogP) is 4.37. The summed E-state index contributed by atoms with van der Waals surface area (Å²) in [5, 5.41) is 14.2. The lowest BCUT2D eigenvalue weighted by atomic mass is 10.2. The number of aromatic nitrogens is 1. The number of thiazole rings is 1. The Balaban J connectivity index is 1.54. The lowest BCUT2D eigenvalue weighted by Gasteiger charge is -2.38. The fourth-order valence-corrected chi connectivity index (χ4v) is 4.51. The fourth-order valence-electron chi connectivity index (χ4n) is 3.47. The SMILES string of the molecule is CCCCOc1cccc(C(=O)OC2CN(C)C[N+]2([O-])c2nc3ccccc3s2)c1. The van der Waals surface area contributed by atoms with Gasteiger partial charge in [0.05, 0.1) is 28.9 Å². The van der Waals surface area contributed by atoms with Gasteiger partial charge in [0.2, 0.25) is 0 Å². The van der Waals surface area contributed by atoms with Crippen molar-refractivity contribution in [1.82, 2.24) is 14.5 Å². The minimum absolute atomic E-state index is 0.179. The lowest BCUT2D eigenvalue weighted by Crippen LogP contribution is -2.50. The molecule has 1 aliphatic heterocycles. The van der Waals surface area contributed by atoms with Gasteiger partial charge < -0.3 is 14.7 Å². The van der Waals surface area contributed by atoms with Crippen LogP contribution < -0.4 is 9.38 Å². The molecule has 158 valence electrons. The van der Waals surface area contributed by atoms with Gasteiger partial charge in [0.1, 0.15) is 12.4 Å². The summed E-state index contributed by atoms with van der Waals surface area (Å²) in [6.45, 7) is 3.21. The Kier molecular flexibility index (Phi) is 6.01. The molecule has 2 heterocycles. The molecule has 7 nitrogen and oxygen atoms in total. The maximum atomic E-state index is 13.8. The number of hydroxylamine groups is 2. The van der Waals surface area contributed by atoms with E-state index in [1.54, 1.807) is 18.2 Å². The number of ether oxygens (including phenoxy) is 2. The number of para-hydroxylation sites is 1. The van der Waals surface area contributed by atoms with Crippen LogP contribution in [0.1, 0.15) is 30.1 Å². The number of fused-ring (bicyclic) bond motifs is 1. The van der Waals surface area contributed by atoms with E-state index in [0.717, 1.165) is 23.1 Å². The maximum absolute atomic E-state index is 13.8. The second kappa shape index (κ2) is 8.69. The molecule has 30 heavy (non-hydrogen) atoms. The lowest BCUT2D eigenvalue weighted by molar-refractivity contribution is 0.00569. The van der Waals surface area contributed by atoms with E-state index in [-0.39, 0.29) is 6.67 Å². The van der Waals surface area contributed by atoms with E-state index in [1.165, 1.54) is 11.3 Å². The van der Waals surface area contributed by atoms with Crippen molar-refractivity contribution >= 4 is 32.7 Å². The van der Waals surface area contributed by atoms with Crippen molar-refractivity contribution in [1.29, 1.82) is 0 Å². The van der Waals surface area contributed by atoms with Gasteiger partial charge in [-0.3, -0.25) is 4.65 Å². The molecular formula is C22H25N3O4S. The van der Waals surface area contributed by atoms with E-state index >= 15 is 0 Å². The molecule has 2 atom stereocenters. The van der Waals surface area contributed by atoms with Gasteiger partial charge >= 0.3 is 5.97 Å². The topological polar surface area (TPSA) is 74.7 Å². The molecule has 2 unspecified atom stereocenters. The highest BCUT2D eigenvalue weighted by molar-refractivity contribution is 7.22. The summed E-state index contributed by atoms with van der Waals surface area (Å²) in [6, 6.07) is 14.5. The molecule has 1 aliphatic rings. The molecule has 0 N–H and O–H groups in total. The molecule has 1 saturated heterocycles. The van der Waals surface area contributed by atoms with Gasteiger partial charge in [0.25, 0.3) is 11.4 Å². The Morgan fingerprint density at radius 2 is 2.13 bits per heavy atom. The summed E-state index contributed by atoms with van der Waals surface area (Å²) in [6.07, 6.45) is 1.10. The van der Waals surface area contributed by atoms with Crippen LogP contribution in [0, 0.1) is 5.21 Å². The molecule has 2 aromatic carbocycles. The predicted molar refractivity (Wildman–Crippen MR) is 118 cm³/mol. The molecule has 1 aromatic heterocycles. The van der Waals surface area contributed by atoms with Gasteiger partial charge in [-0.2, -0.15) is 4.98 Å². The number of quaternary nitrogens is 1. The third-order valence-corrected chi connectivity index (χ3v) is 6.22. The second-order valence-corrected chi connectivity index (χ2v) is 8.54. The normalized spacial score (nSPS) is 21.8. The van der Waals surface area contributed by atoms with Crippen molar-refractivity contribution in [3.05, 3.63) is 59.3 Å². The highest BCUT2D eigenvalue weighted by atomic mass is 32.1. The first-order chi connectivity index (χ1) is 14.5. The van der Waals surface area contributed by atoms with Gasteiger partial charge in [-0.25, -0.2) is 9.69 Å². The first-order valence-electron chi connectivity index (χ1n) is 10.1. The highest BCUT2D eigenvalue weighted by Crippen LogP contribution is 2.37. The monoisotopic (exact) mass is 427 g/mol. The van der Waals surface area contributed by atoms with Crippen molar-refractivity contribution in [2.45, 2.75) is 26.0 Å². The fraction of sp³-hybridized carbons (Fsp3) is 0.364. The second-order valence-electron chi connectivity index (χ2n) is 7.53. The number of carbonyl (C=O) groups excluding carboxylic acids is 1. The first-order valence-corrected chi connectivity index (χ1v) is 10.9. The molecule has 3 aromatic rings. The van der Waals surface area contributed by atoms with Gasteiger partial charge in [-0.05, 0) is 43.8 Å². The standard InChI is InChI=1S/C22H25N3O4S/c1-3-4-12-28-17-9-7-8-16(13-17)21(26)29-20-14-24(2)15-25(20,27)22-23-18-10-5-6-11-19(18)30-22/h5-11,13,20H,3-4,12,14-15H2,1-2H3. The van der Waals surface area contributed by atoms with Crippen LogP contribution in [0.2, 0.25) is 0 Å². The Morgan fingerprint density at radius 3 is 2.93 bits per heavy atom. The highest BCUT2D eigenvalue weighted by Gasteiger charge is 2.45. The minimum atomic E-state index is -0.882. The maximum Gasteiger partial charge on any atom is 0.342 e. The molecule has 0 saturated carbocycles. The van der Waals surface area contributed by atoms with E-state index in [0.29, 0.717) is 29.6 Å². The zero-order chi connectivity index (χ0) is 21.1. The molecule has 0 amide bonds. The van der Waals surface area contributed by atoms with Crippen molar-refractivity contribution in [2.24, 2.45) is 0 Å². The van der Waals surface area contributed by atoms with Crippen LogP contribution in [0.5, 0.6) is 5.75 Å². The number of likely N-dealkylation sites (N-methyl/N-ethyl adjacent to an activating group) is 1. The Hall–Kier alpha value is -2.52. The van der Waals surface area contributed by atoms with E-state index in [9.17, 15) is 10.0 Å². The number of unbranched alkanes of at least 4 members (excludes halogenated alkanes) is 1. The van der Waals surface area contributed by atoms with E-state index in [2.05, 4.69) is 11.9 Å². The number of benzene rings is 2. The molecule has 0 spiro atoms. The number of nitrogens with zero attached hydrogens (tertiary/aromatic N) is 3. The van der Waals surface area contributed by atoms with E-state index in [4.69, 9.17) is 9.47 Å². The number of hydrogen-bond donors (Lipinski definition) is 0. The Morgan fingerprint density at radius 1 is 1.30 bits per heavy atom. The average Bonchev–Trinajstić information content (AvgIpc) is 3.30. The summed E-state index contributed by atoms with van der Waals surface area (Å²) < 4.78 is 11.5. The van der Waals surface area contributed by atoms with Crippen molar-refractivity contribution in [3.63, 3.8) is 0 Å². The van der Waals surface area contributed by atoms with Crippen LogP contribution in [0.25, 0.3) is 10.2 Å². The van der Waals surface area contributed by atoms with E-state index in [1.807, 2.05) is 42.3 Å². The Labute approximate surface area is 179 Å². The molecular weight excluding hydrogens is 402 g/mol. The van der Waals surface area contributed by atoms with Gasteiger partial charge in [-0.15, -0.1) is 0 Å². The summed E-state index contributed by atoms with van der Waals surface area (Å²) in [5.41, 5.74) is 1.15. The molecule has 8 heteroatoms. The molecule has 0 radical (unpaired) electrons. The number of rotatable bonds is 7. The zero-order valence-corrected chi connectivity index (χ0v) is 17.9. The van der Waals surface area contributed by atoms with Crippen LogP contribution in [0.3, 0.4) is 0 Å². The number of carbonyl (C=O) groups is 1. The molecule has 0 aliphatic carbocycles. The number of hydrogen-bond acceptors (Lipinski definition) is 7. The Bertz CT molecular complexity index is 1010. The molecule has 1 fully saturated rings. The van der Waals surface area contributed by atoms with Gasteiger partial charge in [0, 0.05) is 0 Å². The zero-order valence-electron chi connectivity index (χ0n) is 17.1. The van der Waals surface area contributed by atoms with Crippen LogP contribution in [0.15, 0.2) is 48.5 Å². The van der Waals surface area contributed by atoms with Crippen LogP contribution in [-0.4, -0.2) is 48.9 Å². The van der Waals surface area contributed by atoms with Gasteiger partial charge in [0.15, 0.2) is 0 Å². The average molecular weight is 428 g/mol. The van der Waals surface area contributed by atoms with Crippen LogP contribution in [-0.2, 0) is 4.74 Å².